The van der Waals surface area contributed by atoms with Gasteiger partial charge in [-0.1, -0.05) is 35.9 Å². The van der Waals surface area contributed by atoms with E-state index in [1.165, 1.54) is 17.0 Å². The number of benzene rings is 1. The van der Waals surface area contributed by atoms with E-state index >= 15 is 0 Å². The highest BCUT2D eigenvalue weighted by molar-refractivity contribution is 8.19. The summed E-state index contributed by atoms with van der Waals surface area (Å²) in [5, 5.41) is 1.12. The summed E-state index contributed by atoms with van der Waals surface area (Å²) in [5.41, 5.74) is 1.43. The van der Waals surface area contributed by atoms with Gasteiger partial charge in [-0.25, -0.2) is 4.98 Å². The number of nitrogens with zero attached hydrogens (tertiary/aromatic N) is 3. The highest BCUT2D eigenvalue weighted by atomic mass is 35.5. The number of fused-ring (bicyclic) bond motifs is 1. The summed E-state index contributed by atoms with van der Waals surface area (Å²) in [6, 6.07) is 14.3. The zero-order valence-corrected chi connectivity index (χ0v) is 18.3. The van der Waals surface area contributed by atoms with Crippen LogP contribution in [0.1, 0.15) is 12.6 Å². The molecule has 1 saturated heterocycles. The predicted molar refractivity (Wildman–Crippen MR) is 119 cm³/mol. The zero-order valence-electron chi connectivity index (χ0n) is 15.1. The van der Waals surface area contributed by atoms with Crippen molar-refractivity contribution >= 4 is 72.8 Å². The molecule has 1 aliphatic heterocycles. The minimum Gasteiger partial charge on any atom is -0.286 e. The first-order valence-electron chi connectivity index (χ1n) is 8.55. The number of likely N-dealkylation sites (N-methyl/N-ethyl adjacent to an activating group) is 1. The monoisotopic (exact) mass is 463 g/mol. The molecular formula is C19H14ClN3O3S3. The lowest BCUT2D eigenvalue weighted by atomic mass is 10.2. The highest BCUT2D eigenvalue weighted by Crippen LogP contribution is 2.34. The van der Waals surface area contributed by atoms with E-state index < -0.39 is 10.0 Å². The van der Waals surface area contributed by atoms with Crippen molar-refractivity contribution in [3.63, 3.8) is 0 Å². The van der Waals surface area contributed by atoms with Crippen molar-refractivity contribution in [2.45, 2.75) is 11.1 Å². The first-order chi connectivity index (χ1) is 13.9. The van der Waals surface area contributed by atoms with Gasteiger partial charge in [-0.15, -0.1) is 15.7 Å². The number of rotatable bonds is 4. The topological polar surface area (TPSA) is 79.7 Å². The van der Waals surface area contributed by atoms with Gasteiger partial charge in [0.25, 0.3) is 15.9 Å². The number of aromatic nitrogens is 1. The van der Waals surface area contributed by atoms with Crippen molar-refractivity contribution in [1.82, 2.24) is 9.88 Å². The molecule has 1 aliphatic rings. The average molecular weight is 464 g/mol. The third-order valence-corrected chi connectivity index (χ3v) is 8.19. The van der Waals surface area contributed by atoms with Crippen LogP contribution in [-0.2, 0) is 14.8 Å². The van der Waals surface area contributed by atoms with Gasteiger partial charge in [-0.05, 0) is 49.0 Å². The van der Waals surface area contributed by atoms with E-state index in [1.54, 1.807) is 13.0 Å². The van der Waals surface area contributed by atoms with Gasteiger partial charge < -0.3 is 0 Å². The number of amidine groups is 1. The Bertz CT molecular complexity index is 1280. The van der Waals surface area contributed by atoms with Gasteiger partial charge in [-0.2, -0.15) is 8.42 Å². The molecule has 1 amide bonds. The van der Waals surface area contributed by atoms with Crippen LogP contribution in [0.25, 0.3) is 17.0 Å². The van der Waals surface area contributed by atoms with Crippen molar-refractivity contribution < 1.29 is 13.2 Å². The minimum atomic E-state index is -3.95. The van der Waals surface area contributed by atoms with Crippen LogP contribution < -0.4 is 0 Å². The van der Waals surface area contributed by atoms with Gasteiger partial charge in [0, 0.05) is 11.9 Å². The molecule has 0 N–H and O–H groups in total. The highest BCUT2D eigenvalue weighted by Gasteiger charge is 2.34. The maximum absolute atomic E-state index is 12.8. The lowest BCUT2D eigenvalue weighted by Gasteiger charge is -2.11. The smallest absolute Gasteiger partial charge is 0.286 e. The molecule has 0 aliphatic carbocycles. The quantitative estimate of drug-likeness (QED) is 0.527. The maximum Gasteiger partial charge on any atom is 0.294 e. The molecule has 3 heterocycles. The SMILES string of the molecule is CCN1C(=O)/C(=C/c2ccc3ccccc3n2)S/C1=N/S(=O)(=O)c1ccc(Cl)s1. The molecule has 10 heteroatoms. The summed E-state index contributed by atoms with van der Waals surface area (Å²) in [5.74, 6) is -0.300. The van der Waals surface area contributed by atoms with Crippen LogP contribution in [0.2, 0.25) is 4.34 Å². The molecule has 0 spiro atoms. The molecule has 4 rings (SSSR count). The number of carbonyl (C=O) groups excluding carboxylic acids is 1. The fourth-order valence-electron chi connectivity index (χ4n) is 2.74. The van der Waals surface area contributed by atoms with Crippen LogP contribution in [-0.4, -0.2) is 35.9 Å². The Morgan fingerprint density at radius 1 is 1.17 bits per heavy atom. The Labute approximate surface area is 181 Å². The molecule has 6 nitrogen and oxygen atoms in total. The third kappa shape index (κ3) is 4.09. The molecule has 0 unspecified atom stereocenters. The Hall–Kier alpha value is -2.20. The van der Waals surface area contributed by atoms with Crippen LogP contribution >= 0.6 is 34.7 Å². The molecule has 0 bridgehead atoms. The normalized spacial score (nSPS) is 17.7. The Balaban J connectivity index is 1.69. The molecule has 0 saturated carbocycles. The molecule has 29 heavy (non-hydrogen) atoms. The van der Waals surface area contributed by atoms with Gasteiger partial charge >= 0.3 is 0 Å². The minimum absolute atomic E-state index is 0.0349. The molecule has 3 aromatic rings. The lowest BCUT2D eigenvalue weighted by Crippen LogP contribution is -2.29. The Morgan fingerprint density at radius 3 is 2.69 bits per heavy atom. The molecular weight excluding hydrogens is 450 g/mol. The van der Waals surface area contributed by atoms with Crippen molar-refractivity contribution in [3.8, 4) is 0 Å². The number of hydrogen-bond donors (Lipinski definition) is 0. The second-order valence-corrected chi connectivity index (χ2v) is 10.6. The summed E-state index contributed by atoms with van der Waals surface area (Å²) in [4.78, 5) is 19.0. The summed E-state index contributed by atoms with van der Waals surface area (Å²) < 4.78 is 29.4. The number of amides is 1. The van der Waals surface area contributed by atoms with Crippen LogP contribution in [0.15, 0.2) is 62.0 Å². The van der Waals surface area contributed by atoms with E-state index in [9.17, 15) is 13.2 Å². The molecule has 1 aromatic carbocycles. The van der Waals surface area contributed by atoms with E-state index in [0.717, 1.165) is 34.0 Å². The number of sulfonamides is 1. The van der Waals surface area contributed by atoms with Gasteiger partial charge in [-0.3, -0.25) is 9.69 Å². The first-order valence-corrected chi connectivity index (χ1v) is 12.0. The van der Waals surface area contributed by atoms with Crippen molar-refractivity contribution in [2.75, 3.05) is 6.54 Å². The molecule has 1 fully saturated rings. The number of hydrogen-bond acceptors (Lipinski definition) is 6. The van der Waals surface area contributed by atoms with Crippen molar-refractivity contribution in [2.24, 2.45) is 4.40 Å². The number of para-hydroxylation sites is 1. The second kappa shape index (κ2) is 7.91. The molecule has 2 aromatic heterocycles. The fraction of sp³-hybridized carbons (Fsp3) is 0.105. The summed E-state index contributed by atoms with van der Waals surface area (Å²) in [6.45, 7) is 2.06. The van der Waals surface area contributed by atoms with Crippen LogP contribution in [0.5, 0.6) is 0 Å². The van der Waals surface area contributed by atoms with E-state index in [-0.39, 0.29) is 15.3 Å². The molecule has 0 radical (unpaired) electrons. The van der Waals surface area contributed by atoms with Gasteiger partial charge in [0.1, 0.15) is 4.21 Å². The zero-order chi connectivity index (χ0) is 20.6. The van der Waals surface area contributed by atoms with Crippen LogP contribution in [0, 0.1) is 0 Å². The van der Waals surface area contributed by atoms with Crippen molar-refractivity contribution in [1.29, 1.82) is 0 Å². The number of thiophene rings is 1. The van der Waals surface area contributed by atoms with Crippen LogP contribution in [0.3, 0.4) is 0 Å². The largest absolute Gasteiger partial charge is 0.294 e. The Morgan fingerprint density at radius 2 is 1.97 bits per heavy atom. The summed E-state index contributed by atoms with van der Waals surface area (Å²) >= 11 is 7.78. The molecule has 0 atom stereocenters. The average Bonchev–Trinajstić information content (AvgIpc) is 3.25. The van der Waals surface area contributed by atoms with E-state index in [1.807, 2.05) is 36.4 Å². The lowest BCUT2D eigenvalue weighted by molar-refractivity contribution is -0.122. The fourth-order valence-corrected chi connectivity index (χ4v) is 6.43. The number of carbonyl (C=O) groups is 1. The first kappa shape index (κ1) is 20.1. The Kier molecular flexibility index (Phi) is 5.48. The van der Waals surface area contributed by atoms with Gasteiger partial charge in [0.05, 0.1) is 20.5 Å². The number of thioether (sulfide) groups is 1. The maximum atomic E-state index is 12.8. The van der Waals surface area contributed by atoms with Crippen molar-refractivity contribution in [3.05, 3.63) is 63.5 Å². The summed E-state index contributed by atoms with van der Waals surface area (Å²) in [7, 11) is -3.95. The third-order valence-electron chi connectivity index (χ3n) is 4.10. The van der Waals surface area contributed by atoms with Gasteiger partial charge in [0.15, 0.2) is 5.17 Å². The summed E-state index contributed by atoms with van der Waals surface area (Å²) in [6.07, 6.45) is 1.65. The standard InChI is InChI=1S/C19H14ClN3O3S3/c1-2-23-18(24)15(11-13-8-7-12-5-3-4-6-14(12)21-13)27-19(23)22-29(25,26)17-10-9-16(20)28-17/h3-11H,2H2,1H3/b15-11-,22-19+. The number of pyridine rings is 1. The number of halogens is 1. The van der Waals surface area contributed by atoms with E-state index in [4.69, 9.17) is 11.6 Å². The van der Waals surface area contributed by atoms with E-state index in [0.29, 0.717) is 21.5 Å². The van der Waals surface area contributed by atoms with Gasteiger partial charge in [0.2, 0.25) is 0 Å². The predicted octanol–water partition coefficient (Wildman–Crippen LogP) is 4.63. The molecule has 148 valence electrons. The van der Waals surface area contributed by atoms with Crippen LogP contribution in [0.4, 0.5) is 0 Å². The van der Waals surface area contributed by atoms with E-state index in [2.05, 4.69) is 9.38 Å². The second-order valence-electron chi connectivity index (χ2n) is 6.00.